The molecule has 0 aliphatic carbocycles. The van der Waals surface area contributed by atoms with Crippen LogP contribution in [-0.2, 0) is 4.79 Å². The van der Waals surface area contributed by atoms with Gasteiger partial charge in [-0.05, 0) is 57.0 Å². The van der Waals surface area contributed by atoms with Crippen LogP contribution in [0.5, 0.6) is 5.75 Å². The summed E-state index contributed by atoms with van der Waals surface area (Å²) in [7, 11) is 1.92. The molecule has 1 aromatic carbocycles. The number of ether oxygens (including phenoxy) is 1. The lowest BCUT2D eigenvalue weighted by molar-refractivity contribution is -0.132. The van der Waals surface area contributed by atoms with Gasteiger partial charge in [-0.15, -0.1) is 12.4 Å². The molecule has 1 fully saturated rings. The van der Waals surface area contributed by atoms with Gasteiger partial charge in [0.05, 0.1) is 13.0 Å². The Labute approximate surface area is 139 Å². The number of amides is 1. The summed E-state index contributed by atoms with van der Waals surface area (Å²) in [5.74, 6) is 1.01. The van der Waals surface area contributed by atoms with Crippen LogP contribution in [0, 0.1) is 6.92 Å². The average molecular weight is 327 g/mol. The van der Waals surface area contributed by atoms with E-state index in [1.54, 1.807) is 0 Å². The number of benzene rings is 1. The average Bonchev–Trinajstić information content (AvgIpc) is 2.75. The van der Waals surface area contributed by atoms with Gasteiger partial charge in [0.2, 0.25) is 5.91 Å². The Bertz CT molecular complexity index is 460. The zero-order valence-electron chi connectivity index (χ0n) is 13.5. The summed E-state index contributed by atoms with van der Waals surface area (Å²) in [6, 6.07) is 8.29. The molecule has 1 N–H and O–H groups in total. The molecule has 1 amide bonds. The van der Waals surface area contributed by atoms with Gasteiger partial charge in [-0.3, -0.25) is 4.79 Å². The molecule has 124 valence electrons. The van der Waals surface area contributed by atoms with E-state index in [-0.39, 0.29) is 18.3 Å². The number of nitrogens with zero attached hydrogens (tertiary/aromatic N) is 1. The fourth-order valence-corrected chi connectivity index (χ4v) is 2.73. The molecule has 1 aliphatic rings. The van der Waals surface area contributed by atoms with Crippen molar-refractivity contribution in [1.82, 2.24) is 10.2 Å². The standard InChI is InChI=1S/C17H26N2O2.ClH/c1-14-5-3-7-16(13-14)21-12-9-17(20)19(2)15-6-4-10-18-11-8-15;/h3,5,7,13,15,18H,4,6,8-12H2,1-2H3;1H. The summed E-state index contributed by atoms with van der Waals surface area (Å²) in [5, 5.41) is 3.38. The van der Waals surface area contributed by atoms with Crippen molar-refractivity contribution in [3.8, 4) is 5.75 Å². The van der Waals surface area contributed by atoms with Gasteiger partial charge >= 0.3 is 0 Å². The van der Waals surface area contributed by atoms with Gasteiger partial charge in [0.15, 0.2) is 0 Å². The van der Waals surface area contributed by atoms with Crippen LogP contribution in [0.1, 0.15) is 31.2 Å². The van der Waals surface area contributed by atoms with Crippen molar-refractivity contribution in [3.05, 3.63) is 29.8 Å². The second kappa shape index (κ2) is 9.70. The van der Waals surface area contributed by atoms with Gasteiger partial charge in [0, 0.05) is 13.1 Å². The third-order valence-corrected chi connectivity index (χ3v) is 4.06. The number of hydrogen-bond donors (Lipinski definition) is 1. The number of hydrogen-bond acceptors (Lipinski definition) is 3. The molecular formula is C17H27ClN2O2. The smallest absolute Gasteiger partial charge is 0.225 e. The lowest BCUT2D eigenvalue weighted by atomic mass is 10.1. The third kappa shape index (κ3) is 5.85. The predicted octanol–water partition coefficient (Wildman–Crippen LogP) is 2.79. The van der Waals surface area contributed by atoms with Gasteiger partial charge in [-0.1, -0.05) is 12.1 Å². The van der Waals surface area contributed by atoms with Gasteiger partial charge in [-0.2, -0.15) is 0 Å². The molecule has 1 unspecified atom stereocenters. The van der Waals surface area contributed by atoms with E-state index < -0.39 is 0 Å². The van der Waals surface area contributed by atoms with Crippen molar-refractivity contribution in [2.24, 2.45) is 0 Å². The Morgan fingerprint density at radius 1 is 1.36 bits per heavy atom. The number of nitrogens with one attached hydrogen (secondary N) is 1. The quantitative estimate of drug-likeness (QED) is 0.904. The molecule has 1 atom stereocenters. The van der Waals surface area contributed by atoms with E-state index in [2.05, 4.69) is 5.32 Å². The minimum absolute atomic E-state index is 0. The van der Waals surface area contributed by atoms with Crippen LogP contribution in [0.3, 0.4) is 0 Å². The van der Waals surface area contributed by atoms with Crippen LogP contribution in [0.25, 0.3) is 0 Å². The molecule has 4 nitrogen and oxygen atoms in total. The summed E-state index contributed by atoms with van der Waals surface area (Å²) in [6.45, 7) is 4.54. The van der Waals surface area contributed by atoms with Gasteiger partial charge in [0.25, 0.3) is 0 Å². The first-order valence-electron chi connectivity index (χ1n) is 7.82. The molecule has 0 bridgehead atoms. The number of aryl methyl sites for hydroxylation is 1. The molecule has 2 rings (SSSR count). The van der Waals surface area contributed by atoms with E-state index >= 15 is 0 Å². The Morgan fingerprint density at radius 2 is 2.18 bits per heavy atom. The van der Waals surface area contributed by atoms with Gasteiger partial charge < -0.3 is 15.0 Å². The monoisotopic (exact) mass is 326 g/mol. The van der Waals surface area contributed by atoms with Gasteiger partial charge in [0.1, 0.15) is 5.75 Å². The summed E-state index contributed by atoms with van der Waals surface area (Å²) >= 11 is 0. The Balaban J connectivity index is 0.00000242. The van der Waals surface area contributed by atoms with Crippen molar-refractivity contribution in [1.29, 1.82) is 0 Å². The van der Waals surface area contributed by atoms with Crippen LogP contribution < -0.4 is 10.1 Å². The summed E-state index contributed by atoms with van der Waals surface area (Å²) in [4.78, 5) is 14.1. The summed E-state index contributed by atoms with van der Waals surface area (Å²) in [5.41, 5.74) is 1.17. The molecule has 1 heterocycles. The molecule has 1 aliphatic heterocycles. The molecule has 1 saturated heterocycles. The van der Waals surface area contributed by atoms with Crippen LogP contribution in [-0.4, -0.2) is 43.6 Å². The van der Waals surface area contributed by atoms with Crippen molar-refractivity contribution < 1.29 is 9.53 Å². The topological polar surface area (TPSA) is 41.6 Å². The van der Waals surface area contributed by atoms with E-state index in [0.717, 1.165) is 38.1 Å². The van der Waals surface area contributed by atoms with E-state index in [0.29, 0.717) is 19.1 Å². The van der Waals surface area contributed by atoms with E-state index in [4.69, 9.17) is 4.74 Å². The van der Waals surface area contributed by atoms with Crippen LogP contribution in [0.15, 0.2) is 24.3 Å². The summed E-state index contributed by atoms with van der Waals surface area (Å²) < 4.78 is 5.66. The minimum Gasteiger partial charge on any atom is -0.493 e. The van der Waals surface area contributed by atoms with Crippen molar-refractivity contribution in [3.63, 3.8) is 0 Å². The fraction of sp³-hybridized carbons (Fsp3) is 0.588. The first kappa shape index (κ1) is 18.8. The van der Waals surface area contributed by atoms with E-state index in [1.165, 1.54) is 5.56 Å². The van der Waals surface area contributed by atoms with E-state index in [1.807, 2.05) is 43.1 Å². The maximum Gasteiger partial charge on any atom is 0.225 e. The van der Waals surface area contributed by atoms with Crippen molar-refractivity contribution in [2.75, 3.05) is 26.7 Å². The zero-order valence-corrected chi connectivity index (χ0v) is 14.3. The Morgan fingerprint density at radius 3 is 2.95 bits per heavy atom. The van der Waals surface area contributed by atoms with Crippen LogP contribution in [0.2, 0.25) is 0 Å². The van der Waals surface area contributed by atoms with Crippen LogP contribution in [0.4, 0.5) is 0 Å². The molecule has 1 aromatic rings. The molecule has 22 heavy (non-hydrogen) atoms. The fourth-order valence-electron chi connectivity index (χ4n) is 2.73. The Kier molecular flexibility index (Phi) is 8.28. The molecule has 0 saturated carbocycles. The number of carbonyl (C=O) groups is 1. The molecule has 0 aromatic heterocycles. The summed E-state index contributed by atoms with van der Waals surface area (Å²) in [6.07, 6.45) is 3.71. The lowest BCUT2D eigenvalue weighted by Crippen LogP contribution is -2.38. The largest absolute Gasteiger partial charge is 0.493 e. The van der Waals surface area contributed by atoms with Crippen molar-refractivity contribution >= 4 is 18.3 Å². The predicted molar refractivity (Wildman–Crippen MR) is 91.8 cm³/mol. The number of rotatable bonds is 5. The highest BCUT2D eigenvalue weighted by atomic mass is 35.5. The lowest BCUT2D eigenvalue weighted by Gasteiger charge is -2.27. The second-order valence-corrected chi connectivity index (χ2v) is 5.75. The molecular weight excluding hydrogens is 300 g/mol. The van der Waals surface area contributed by atoms with Crippen LogP contribution >= 0.6 is 12.4 Å². The van der Waals surface area contributed by atoms with E-state index in [9.17, 15) is 4.79 Å². The molecule has 5 heteroatoms. The maximum absolute atomic E-state index is 12.2. The zero-order chi connectivity index (χ0) is 15.1. The number of carbonyl (C=O) groups excluding carboxylic acids is 1. The SMILES string of the molecule is Cc1cccc(OCCC(=O)N(C)C2CCCNCC2)c1.Cl. The third-order valence-electron chi connectivity index (χ3n) is 4.06. The highest BCUT2D eigenvalue weighted by Gasteiger charge is 2.20. The Hall–Kier alpha value is -1.26. The first-order valence-corrected chi connectivity index (χ1v) is 7.82. The minimum atomic E-state index is 0. The number of halogens is 1. The second-order valence-electron chi connectivity index (χ2n) is 5.75. The maximum atomic E-state index is 12.2. The highest BCUT2D eigenvalue weighted by molar-refractivity contribution is 5.85. The van der Waals surface area contributed by atoms with Crippen molar-refractivity contribution in [2.45, 2.75) is 38.6 Å². The first-order chi connectivity index (χ1) is 10.2. The highest BCUT2D eigenvalue weighted by Crippen LogP contribution is 2.15. The normalized spacial score (nSPS) is 18.0. The van der Waals surface area contributed by atoms with Gasteiger partial charge in [-0.25, -0.2) is 0 Å². The molecule has 0 spiro atoms. The molecule has 0 radical (unpaired) electrons.